The molecular weight excluding hydrogens is 186 g/mol. The second-order valence-corrected chi connectivity index (χ2v) is 4.31. The largest absolute Gasteiger partial charge is 0.385 e. The highest BCUT2D eigenvalue weighted by Crippen LogP contribution is 2.27. The van der Waals surface area contributed by atoms with Gasteiger partial charge >= 0.3 is 0 Å². The van der Waals surface area contributed by atoms with E-state index >= 15 is 0 Å². The Labute approximate surface area is 91.6 Å². The van der Waals surface area contributed by atoms with E-state index in [2.05, 4.69) is 30.4 Å². The molecule has 0 radical (unpaired) electrons. The van der Waals surface area contributed by atoms with Crippen molar-refractivity contribution < 1.29 is 4.74 Å². The fourth-order valence-corrected chi connectivity index (χ4v) is 2.26. The van der Waals surface area contributed by atoms with Gasteiger partial charge < -0.3 is 10.1 Å². The summed E-state index contributed by atoms with van der Waals surface area (Å²) in [6.45, 7) is 5.11. The van der Waals surface area contributed by atoms with Gasteiger partial charge in [0.1, 0.15) is 0 Å². The van der Waals surface area contributed by atoms with E-state index in [4.69, 9.17) is 4.74 Å². The summed E-state index contributed by atoms with van der Waals surface area (Å²) in [5.41, 5.74) is 4.33. The molecule has 0 saturated heterocycles. The molecule has 0 saturated carbocycles. The van der Waals surface area contributed by atoms with Crippen molar-refractivity contribution in [1.29, 1.82) is 0 Å². The minimum atomic E-state index is 0.619. The topological polar surface area (TPSA) is 21.3 Å². The summed E-state index contributed by atoms with van der Waals surface area (Å²) in [5.74, 6) is 0.619. The van der Waals surface area contributed by atoms with Crippen LogP contribution in [0, 0.1) is 6.92 Å². The standard InChI is InChI=1S/C13H19NO/c1-10-3-4-11-8-14-9-12(5-6-15-2)13(11)7-10/h3-4,7,12,14H,5-6,8-9H2,1-2H3. The van der Waals surface area contributed by atoms with Crippen molar-refractivity contribution in [1.82, 2.24) is 5.32 Å². The SMILES string of the molecule is COCCC1CNCc2ccc(C)cc21. The van der Waals surface area contributed by atoms with E-state index in [0.717, 1.165) is 26.1 Å². The maximum absolute atomic E-state index is 5.16. The van der Waals surface area contributed by atoms with Crippen LogP contribution in [-0.4, -0.2) is 20.3 Å². The van der Waals surface area contributed by atoms with Crippen LogP contribution < -0.4 is 5.32 Å². The Hall–Kier alpha value is -0.860. The molecule has 15 heavy (non-hydrogen) atoms. The molecule has 0 spiro atoms. The molecule has 1 aromatic carbocycles. The number of ether oxygens (including phenoxy) is 1. The Balaban J connectivity index is 2.20. The molecule has 1 aromatic rings. The van der Waals surface area contributed by atoms with Crippen LogP contribution in [0.25, 0.3) is 0 Å². The lowest BCUT2D eigenvalue weighted by atomic mass is 9.88. The number of hydrogen-bond donors (Lipinski definition) is 1. The van der Waals surface area contributed by atoms with Gasteiger partial charge in [0.2, 0.25) is 0 Å². The van der Waals surface area contributed by atoms with Gasteiger partial charge in [-0.25, -0.2) is 0 Å². The van der Waals surface area contributed by atoms with E-state index in [9.17, 15) is 0 Å². The number of nitrogens with one attached hydrogen (secondary N) is 1. The Kier molecular flexibility index (Phi) is 3.39. The van der Waals surface area contributed by atoms with Gasteiger partial charge in [-0.05, 0) is 30.4 Å². The van der Waals surface area contributed by atoms with Crippen molar-refractivity contribution in [3.8, 4) is 0 Å². The average molecular weight is 205 g/mol. The van der Waals surface area contributed by atoms with Gasteiger partial charge in [-0.1, -0.05) is 23.8 Å². The first-order chi connectivity index (χ1) is 7.31. The van der Waals surface area contributed by atoms with Crippen LogP contribution in [0.4, 0.5) is 0 Å². The van der Waals surface area contributed by atoms with Crippen molar-refractivity contribution >= 4 is 0 Å². The van der Waals surface area contributed by atoms with Crippen LogP contribution in [0.1, 0.15) is 29.0 Å². The average Bonchev–Trinajstić information content (AvgIpc) is 2.26. The first-order valence-electron chi connectivity index (χ1n) is 5.60. The maximum Gasteiger partial charge on any atom is 0.0468 e. The molecular formula is C13H19NO. The Morgan fingerprint density at radius 2 is 2.33 bits per heavy atom. The van der Waals surface area contributed by atoms with Crippen LogP contribution in [0.15, 0.2) is 18.2 Å². The molecule has 1 aliphatic rings. The van der Waals surface area contributed by atoms with E-state index in [1.54, 1.807) is 7.11 Å². The molecule has 0 aliphatic carbocycles. The summed E-state index contributed by atoms with van der Waals surface area (Å²) in [6, 6.07) is 6.77. The number of rotatable bonds is 3. The maximum atomic E-state index is 5.16. The van der Waals surface area contributed by atoms with Crippen LogP contribution >= 0.6 is 0 Å². The second-order valence-electron chi connectivity index (χ2n) is 4.31. The van der Waals surface area contributed by atoms with Gasteiger partial charge in [0.05, 0.1) is 0 Å². The second kappa shape index (κ2) is 4.77. The van der Waals surface area contributed by atoms with Gasteiger partial charge in [-0.3, -0.25) is 0 Å². The summed E-state index contributed by atoms with van der Waals surface area (Å²) < 4.78 is 5.16. The normalized spacial score (nSPS) is 20.0. The first kappa shape index (κ1) is 10.7. The third-order valence-corrected chi connectivity index (χ3v) is 3.12. The van der Waals surface area contributed by atoms with Crippen LogP contribution in [-0.2, 0) is 11.3 Å². The smallest absolute Gasteiger partial charge is 0.0468 e. The van der Waals surface area contributed by atoms with Gasteiger partial charge in [0, 0.05) is 26.8 Å². The molecule has 2 nitrogen and oxygen atoms in total. The van der Waals surface area contributed by atoms with Crippen molar-refractivity contribution in [3.63, 3.8) is 0 Å². The van der Waals surface area contributed by atoms with Crippen molar-refractivity contribution in [3.05, 3.63) is 34.9 Å². The van der Waals surface area contributed by atoms with Gasteiger partial charge in [0.15, 0.2) is 0 Å². The van der Waals surface area contributed by atoms with Gasteiger partial charge in [-0.2, -0.15) is 0 Å². The monoisotopic (exact) mass is 205 g/mol. The summed E-state index contributed by atoms with van der Waals surface area (Å²) in [4.78, 5) is 0. The van der Waals surface area contributed by atoms with Gasteiger partial charge in [-0.15, -0.1) is 0 Å². The third-order valence-electron chi connectivity index (χ3n) is 3.12. The van der Waals surface area contributed by atoms with Crippen molar-refractivity contribution in [2.45, 2.75) is 25.8 Å². The first-order valence-corrected chi connectivity index (χ1v) is 5.60. The van der Waals surface area contributed by atoms with Crippen molar-refractivity contribution in [2.75, 3.05) is 20.3 Å². The van der Waals surface area contributed by atoms with E-state index in [0.29, 0.717) is 5.92 Å². The molecule has 1 N–H and O–H groups in total. The summed E-state index contributed by atoms with van der Waals surface area (Å²) in [6.07, 6.45) is 1.11. The zero-order valence-corrected chi connectivity index (χ0v) is 9.55. The molecule has 1 unspecified atom stereocenters. The highest BCUT2D eigenvalue weighted by Gasteiger charge is 2.19. The molecule has 0 aromatic heterocycles. The number of benzene rings is 1. The number of aryl methyl sites for hydroxylation is 1. The predicted molar refractivity (Wildman–Crippen MR) is 62.1 cm³/mol. The van der Waals surface area contributed by atoms with Crippen molar-refractivity contribution in [2.24, 2.45) is 0 Å². The fourth-order valence-electron chi connectivity index (χ4n) is 2.26. The summed E-state index contributed by atoms with van der Waals surface area (Å²) in [7, 11) is 1.77. The lowest BCUT2D eigenvalue weighted by molar-refractivity contribution is 0.186. The molecule has 0 bridgehead atoms. The summed E-state index contributed by atoms with van der Waals surface area (Å²) >= 11 is 0. The van der Waals surface area contributed by atoms with Crippen LogP contribution in [0.3, 0.4) is 0 Å². The number of methoxy groups -OCH3 is 1. The Morgan fingerprint density at radius 3 is 3.13 bits per heavy atom. The molecule has 0 amide bonds. The molecule has 1 atom stereocenters. The predicted octanol–water partition coefficient (Wildman–Crippen LogP) is 2.22. The van der Waals surface area contributed by atoms with Crippen LogP contribution in [0.5, 0.6) is 0 Å². The minimum Gasteiger partial charge on any atom is -0.385 e. The number of hydrogen-bond acceptors (Lipinski definition) is 2. The van der Waals surface area contributed by atoms with Gasteiger partial charge in [0.25, 0.3) is 0 Å². The van der Waals surface area contributed by atoms with E-state index in [1.165, 1.54) is 16.7 Å². The number of fused-ring (bicyclic) bond motifs is 1. The highest BCUT2D eigenvalue weighted by atomic mass is 16.5. The molecule has 2 rings (SSSR count). The molecule has 1 aliphatic heterocycles. The Morgan fingerprint density at radius 1 is 1.47 bits per heavy atom. The summed E-state index contributed by atoms with van der Waals surface area (Å²) in [5, 5.41) is 3.46. The molecule has 1 heterocycles. The zero-order chi connectivity index (χ0) is 10.7. The van der Waals surface area contributed by atoms with E-state index in [1.807, 2.05) is 0 Å². The minimum absolute atomic E-state index is 0.619. The zero-order valence-electron chi connectivity index (χ0n) is 9.55. The highest BCUT2D eigenvalue weighted by molar-refractivity contribution is 5.36. The lowest BCUT2D eigenvalue weighted by Crippen LogP contribution is -2.28. The Bertz CT molecular complexity index is 335. The quantitative estimate of drug-likeness (QED) is 0.817. The lowest BCUT2D eigenvalue weighted by Gasteiger charge is -2.26. The van der Waals surface area contributed by atoms with Crippen LogP contribution in [0.2, 0.25) is 0 Å². The van der Waals surface area contributed by atoms with E-state index in [-0.39, 0.29) is 0 Å². The van der Waals surface area contributed by atoms with E-state index < -0.39 is 0 Å². The molecule has 2 heteroatoms. The molecule has 82 valence electrons. The molecule has 0 fully saturated rings. The third kappa shape index (κ3) is 2.39. The fraction of sp³-hybridized carbons (Fsp3) is 0.538.